The summed E-state index contributed by atoms with van der Waals surface area (Å²) in [6.07, 6.45) is 5.34. The number of hydroxylamine groups is 1. The Morgan fingerprint density at radius 1 is 1.20 bits per heavy atom. The van der Waals surface area contributed by atoms with E-state index in [1.54, 1.807) is 29.9 Å². The van der Waals surface area contributed by atoms with Crippen molar-refractivity contribution in [2.24, 2.45) is 0 Å². The number of carbonyl (C=O) groups is 1. The molecular formula is C17H19N3O4S. The van der Waals surface area contributed by atoms with Crippen molar-refractivity contribution in [2.75, 3.05) is 0 Å². The third-order valence-corrected chi connectivity index (χ3v) is 5.83. The molecule has 0 radical (unpaired) electrons. The average Bonchev–Trinajstić information content (AvgIpc) is 2.62. The zero-order valence-corrected chi connectivity index (χ0v) is 14.3. The second-order valence-corrected chi connectivity index (χ2v) is 7.69. The highest BCUT2D eigenvalue weighted by Crippen LogP contribution is 2.26. The molecule has 1 aromatic carbocycles. The predicted octanol–water partition coefficient (Wildman–Crippen LogP) is 1.89. The molecule has 8 heteroatoms. The molecule has 7 nitrogen and oxygen atoms in total. The number of nitrogens with zero attached hydrogens (tertiary/aromatic N) is 1. The summed E-state index contributed by atoms with van der Waals surface area (Å²) in [6.45, 7) is 0. The lowest BCUT2D eigenvalue weighted by atomic mass is 9.91. The molecule has 1 amide bonds. The molecule has 1 aromatic heterocycles. The summed E-state index contributed by atoms with van der Waals surface area (Å²) in [7, 11) is -3.68. The highest BCUT2D eigenvalue weighted by Gasteiger charge is 2.25. The number of rotatable bonds is 4. The summed E-state index contributed by atoms with van der Waals surface area (Å²) in [5.74, 6) is -0.559. The van der Waals surface area contributed by atoms with Crippen LogP contribution >= 0.6 is 0 Å². The number of allylic oxidation sites excluding steroid dienone is 1. The minimum atomic E-state index is -3.68. The third kappa shape index (κ3) is 4.04. The lowest BCUT2D eigenvalue weighted by molar-refractivity contribution is -0.124. The number of hydrogen-bond donors (Lipinski definition) is 3. The lowest BCUT2D eigenvalue weighted by Gasteiger charge is -2.24. The third-order valence-electron chi connectivity index (χ3n) is 4.28. The molecule has 1 saturated carbocycles. The van der Waals surface area contributed by atoms with Gasteiger partial charge in [0.15, 0.2) is 0 Å². The number of sulfonamides is 1. The number of para-hydroxylation sites is 1. The van der Waals surface area contributed by atoms with Gasteiger partial charge in [0, 0.05) is 23.7 Å². The highest BCUT2D eigenvalue weighted by molar-refractivity contribution is 7.89. The van der Waals surface area contributed by atoms with Crippen LogP contribution in [0, 0.1) is 0 Å². The van der Waals surface area contributed by atoms with Gasteiger partial charge in [-0.15, -0.1) is 0 Å². The van der Waals surface area contributed by atoms with Crippen LogP contribution in [0.4, 0.5) is 0 Å². The van der Waals surface area contributed by atoms with E-state index < -0.39 is 15.9 Å². The summed E-state index contributed by atoms with van der Waals surface area (Å²) in [6, 6.07) is 8.48. The molecule has 1 heterocycles. The van der Waals surface area contributed by atoms with Crippen molar-refractivity contribution in [3.63, 3.8) is 0 Å². The molecule has 3 rings (SSSR count). The fourth-order valence-electron chi connectivity index (χ4n) is 3.04. The first-order chi connectivity index (χ1) is 12.0. The van der Waals surface area contributed by atoms with E-state index in [-0.39, 0.29) is 10.9 Å². The predicted molar refractivity (Wildman–Crippen MR) is 92.3 cm³/mol. The minimum absolute atomic E-state index is 0.173. The van der Waals surface area contributed by atoms with Crippen LogP contribution in [0.3, 0.4) is 0 Å². The Labute approximate surface area is 145 Å². The number of aromatic nitrogens is 1. The van der Waals surface area contributed by atoms with Crippen molar-refractivity contribution >= 4 is 26.8 Å². The van der Waals surface area contributed by atoms with E-state index in [2.05, 4.69) is 9.71 Å². The Morgan fingerprint density at radius 2 is 1.92 bits per heavy atom. The van der Waals surface area contributed by atoms with Gasteiger partial charge in [-0.3, -0.25) is 15.0 Å². The van der Waals surface area contributed by atoms with Crippen molar-refractivity contribution in [3.05, 3.63) is 48.2 Å². The molecule has 0 saturated heterocycles. The first kappa shape index (κ1) is 17.5. The fraction of sp³-hybridized carbons (Fsp3) is 0.294. The van der Waals surface area contributed by atoms with Crippen LogP contribution in [-0.2, 0) is 14.8 Å². The molecule has 132 valence electrons. The van der Waals surface area contributed by atoms with Crippen molar-refractivity contribution < 1.29 is 18.4 Å². The maximum Gasteiger partial charge on any atom is 0.267 e. The second kappa shape index (κ2) is 7.30. The Balaban J connectivity index is 1.75. The highest BCUT2D eigenvalue weighted by atomic mass is 32.2. The lowest BCUT2D eigenvalue weighted by Crippen LogP contribution is -2.36. The topological polar surface area (TPSA) is 108 Å². The Hall–Kier alpha value is -2.29. The van der Waals surface area contributed by atoms with Crippen molar-refractivity contribution in [3.8, 4) is 0 Å². The summed E-state index contributed by atoms with van der Waals surface area (Å²) in [5.41, 5.74) is 2.92. The molecule has 0 spiro atoms. The number of pyridine rings is 1. The van der Waals surface area contributed by atoms with Gasteiger partial charge in [0.1, 0.15) is 4.90 Å². The van der Waals surface area contributed by atoms with E-state index in [1.165, 1.54) is 6.08 Å². The van der Waals surface area contributed by atoms with Crippen LogP contribution in [0.25, 0.3) is 10.9 Å². The molecule has 0 unspecified atom stereocenters. The number of nitrogens with one attached hydrogen (secondary N) is 2. The van der Waals surface area contributed by atoms with E-state index in [1.807, 2.05) is 12.1 Å². The van der Waals surface area contributed by atoms with Crippen LogP contribution in [-0.4, -0.2) is 30.6 Å². The van der Waals surface area contributed by atoms with Crippen LogP contribution in [0.1, 0.15) is 25.7 Å². The molecule has 25 heavy (non-hydrogen) atoms. The van der Waals surface area contributed by atoms with Gasteiger partial charge >= 0.3 is 0 Å². The van der Waals surface area contributed by atoms with Gasteiger partial charge < -0.3 is 0 Å². The SMILES string of the molecule is O=C(C=C1CCC(NS(=O)(=O)c2cccc3cccnc23)CC1)NO. The first-order valence-corrected chi connectivity index (χ1v) is 9.47. The van der Waals surface area contributed by atoms with E-state index >= 15 is 0 Å². The fourth-order valence-corrected chi connectivity index (χ4v) is 4.53. The van der Waals surface area contributed by atoms with Crippen LogP contribution in [0.5, 0.6) is 0 Å². The first-order valence-electron chi connectivity index (χ1n) is 7.99. The molecule has 0 atom stereocenters. The molecule has 1 aliphatic rings. The number of hydrogen-bond acceptors (Lipinski definition) is 5. The van der Waals surface area contributed by atoms with Crippen LogP contribution in [0.15, 0.2) is 53.1 Å². The standard InChI is InChI=1S/C17H19N3O4S/c21-16(19-22)11-12-6-8-14(9-7-12)20-25(23,24)15-5-1-3-13-4-2-10-18-17(13)15/h1-5,10-11,14,20,22H,6-9H2,(H,19,21). The molecule has 1 aliphatic carbocycles. The summed E-state index contributed by atoms with van der Waals surface area (Å²) >= 11 is 0. The van der Waals surface area contributed by atoms with Crippen molar-refractivity contribution in [2.45, 2.75) is 36.6 Å². The maximum absolute atomic E-state index is 12.8. The van der Waals surface area contributed by atoms with Gasteiger partial charge in [0.2, 0.25) is 10.0 Å². The van der Waals surface area contributed by atoms with E-state index in [0.717, 1.165) is 11.0 Å². The Morgan fingerprint density at radius 3 is 2.64 bits per heavy atom. The quantitative estimate of drug-likeness (QED) is 0.438. The summed E-state index contributed by atoms with van der Waals surface area (Å²) < 4.78 is 28.3. The number of fused-ring (bicyclic) bond motifs is 1. The van der Waals surface area contributed by atoms with Crippen LogP contribution < -0.4 is 10.2 Å². The average molecular weight is 361 g/mol. The monoisotopic (exact) mass is 361 g/mol. The normalized spacial score (nSPS) is 18.1. The molecule has 2 aromatic rings. The van der Waals surface area contributed by atoms with E-state index in [9.17, 15) is 13.2 Å². The maximum atomic E-state index is 12.8. The van der Waals surface area contributed by atoms with Gasteiger partial charge in [-0.05, 0) is 37.8 Å². The van der Waals surface area contributed by atoms with Gasteiger partial charge in [-0.1, -0.05) is 23.8 Å². The van der Waals surface area contributed by atoms with Crippen molar-refractivity contribution in [1.82, 2.24) is 15.2 Å². The second-order valence-electron chi connectivity index (χ2n) is 6.01. The molecule has 0 aliphatic heterocycles. The summed E-state index contributed by atoms with van der Waals surface area (Å²) in [4.78, 5) is 15.5. The van der Waals surface area contributed by atoms with Gasteiger partial charge in [-0.2, -0.15) is 0 Å². The molecule has 1 fully saturated rings. The van der Waals surface area contributed by atoms with Gasteiger partial charge in [0.25, 0.3) is 5.91 Å². The van der Waals surface area contributed by atoms with Gasteiger partial charge in [0.05, 0.1) is 5.52 Å². The van der Waals surface area contributed by atoms with Gasteiger partial charge in [-0.25, -0.2) is 18.6 Å². The Kier molecular flexibility index (Phi) is 5.12. The summed E-state index contributed by atoms with van der Waals surface area (Å²) in [5, 5.41) is 9.31. The minimum Gasteiger partial charge on any atom is -0.288 e. The van der Waals surface area contributed by atoms with E-state index in [0.29, 0.717) is 31.2 Å². The molecular weight excluding hydrogens is 342 g/mol. The zero-order chi connectivity index (χ0) is 17.9. The number of carbonyl (C=O) groups excluding carboxylic acids is 1. The molecule has 0 bridgehead atoms. The van der Waals surface area contributed by atoms with Crippen LogP contribution in [0.2, 0.25) is 0 Å². The molecule has 3 N–H and O–H groups in total. The van der Waals surface area contributed by atoms with E-state index in [4.69, 9.17) is 5.21 Å². The van der Waals surface area contributed by atoms with Crippen molar-refractivity contribution in [1.29, 1.82) is 0 Å². The zero-order valence-electron chi connectivity index (χ0n) is 13.5. The largest absolute Gasteiger partial charge is 0.288 e. The Bertz CT molecular complexity index is 909. The smallest absolute Gasteiger partial charge is 0.267 e. The number of amides is 1. The number of benzene rings is 1.